The molecule has 1 amide bonds. The first-order valence-corrected chi connectivity index (χ1v) is 8.58. The lowest BCUT2D eigenvalue weighted by atomic mass is 10.2. The number of aliphatic carboxylic acids is 1. The van der Waals surface area contributed by atoms with Gasteiger partial charge in [0, 0.05) is 18.7 Å². The molecule has 0 aliphatic carbocycles. The Morgan fingerprint density at radius 2 is 1.96 bits per heavy atom. The summed E-state index contributed by atoms with van der Waals surface area (Å²) in [5, 5.41) is 10.7. The molecule has 1 heterocycles. The lowest BCUT2D eigenvalue weighted by Crippen LogP contribution is -2.32. The van der Waals surface area contributed by atoms with Crippen LogP contribution in [0.1, 0.15) is 23.2 Å². The third-order valence-corrected chi connectivity index (χ3v) is 4.79. The van der Waals surface area contributed by atoms with Crippen LogP contribution in [-0.4, -0.2) is 51.2 Å². The van der Waals surface area contributed by atoms with Crippen LogP contribution in [0.25, 0.3) is 0 Å². The minimum atomic E-state index is -3.67. The predicted molar refractivity (Wildman–Crippen MR) is 80.6 cm³/mol. The fourth-order valence-electron chi connectivity index (χ4n) is 2.13. The number of carbonyl (C=O) groups excluding carboxylic acids is 1. The zero-order valence-corrected chi connectivity index (χ0v) is 13.1. The molecule has 1 aromatic carbocycles. The Bertz CT molecular complexity index is 665. The molecular formula is C14H18N2O6S. The summed E-state index contributed by atoms with van der Waals surface area (Å²) in [6, 6.07) is 5.26. The van der Waals surface area contributed by atoms with Gasteiger partial charge in [-0.15, -0.1) is 0 Å². The maximum Gasteiger partial charge on any atom is 0.322 e. The fraction of sp³-hybridized carbons (Fsp3) is 0.429. The molecule has 1 saturated heterocycles. The van der Waals surface area contributed by atoms with Gasteiger partial charge in [-0.2, -0.15) is 0 Å². The molecule has 1 aliphatic rings. The second kappa shape index (κ2) is 7.53. The maximum atomic E-state index is 12.1. The number of hydrogen-bond donors (Lipinski definition) is 3. The minimum Gasteiger partial charge on any atom is -0.480 e. The van der Waals surface area contributed by atoms with Gasteiger partial charge >= 0.3 is 5.97 Å². The fourth-order valence-corrected chi connectivity index (χ4v) is 3.20. The van der Waals surface area contributed by atoms with Gasteiger partial charge in [-0.3, -0.25) is 9.59 Å². The smallest absolute Gasteiger partial charge is 0.322 e. The molecule has 1 aliphatic heterocycles. The normalized spacial score (nSPS) is 17.8. The summed E-state index contributed by atoms with van der Waals surface area (Å²) in [6.45, 7) is 0.359. The average molecular weight is 342 g/mol. The highest BCUT2D eigenvalue weighted by Crippen LogP contribution is 2.14. The number of benzene rings is 1. The standard InChI is InChI=1S/C14H18N2O6S/c17-13(18)9-15-14(19)10-3-5-12(6-4-10)23(20,21)16-8-11-2-1-7-22-11/h3-6,11,16H,1-2,7-9H2,(H,15,19)(H,17,18). The number of carboxylic acid groups (broad SMARTS) is 1. The Hall–Kier alpha value is -1.97. The van der Waals surface area contributed by atoms with Gasteiger partial charge in [0.2, 0.25) is 10.0 Å². The van der Waals surface area contributed by atoms with E-state index >= 15 is 0 Å². The number of amides is 1. The highest BCUT2D eigenvalue weighted by atomic mass is 32.2. The average Bonchev–Trinajstić information content (AvgIpc) is 3.04. The Balaban J connectivity index is 1.97. The van der Waals surface area contributed by atoms with Crippen LogP contribution in [0.5, 0.6) is 0 Å². The van der Waals surface area contributed by atoms with E-state index in [-0.39, 0.29) is 23.1 Å². The summed E-state index contributed by atoms with van der Waals surface area (Å²) < 4.78 is 32.1. The molecule has 0 radical (unpaired) electrons. The maximum absolute atomic E-state index is 12.1. The third-order valence-electron chi connectivity index (χ3n) is 3.35. The van der Waals surface area contributed by atoms with Crippen LogP contribution in [0, 0.1) is 0 Å². The molecule has 1 unspecified atom stereocenters. The SMILES string of the molecule is O=C(O)CNC(=O)c1ccc(S(=O)(=O)NCC2CCCO2)cc1. The van der Waals surface area contributed by atoms with Gasteiger partial charge < -0.3 is 15.2 Å². The van der Waals surface area contributed by atoms with E-state index < -0.39 is 28.4 Å². The molecule has 0 aromatic heterocycles. The van der Waals surface area contributed by atoms with E-state index in [1.54, 1.807) is 0 Å². The van der Waals surface area contributed by atoms with Crippen LogP contribution >= 0.6 is 0 Å². The first-order chi connectivity index (χ1) is 10.9. The summed E-state index contributed by atoms with van der Waals surface area (Å²) in [5.41, 5.74) is 0.185. The van der Waals surface area contributed by atoms with Crippen LogP contribution < -0.4 is 10.0 Å². The molecule has 23 heavy (non-hydrogen) atoms. The third kappa shape index (κ3) is 5.02. The first-order valence-electron chi connectivity index (χ1n) is 7.10. The summed E-state index contributed by atoms with van der Waals surface area (Å²) >= 11 is 0. The summed E-state index contributed by atoms with van der Waals surface area (Å²) in [7, 11) is -3.67. The predicted octanol–water partition coefficient (Wildman–Crippen LogP) is -0.0417. The van der Waals surface area contributed by atoms with Crippen molar-refractivity contribution in [3.63, 3.8) is 0 Å². The Kier molecular flexibility index (Phi) is 5.69. The molecular weight excluding hydrogens is 324 g/mol. The number of ether oxygens (including phenoxy) is 1. The number of hydrogen-bond acceptors (Lipinski definition) is 5. The number of sulfonamides is 1. The van der Waals surface area contributed by atoms with Crippen LogP contribution in [0.4, 0.5) is 0 Å². The summed E-state index contributed by atoms with van der Waals surface area (Å²) in [6.07, 6.45) is 1.64. The Morgan fingerprint density at radius 3 is 2.52 bits per heavy atom. The molecule has 1 aromatic rings. The van der Waals surface area contributed by atoms with E-state index in [0.717, 1.165) is 12.8 Å². The van der Waals surface area contributed by atoms with Crippen molar-refractivity contribution >= 4 is 21.9 Å². The number of carboxylic acids is 1. The number of nitrogens with one attached hydrogen (secondary N) is 2. The zero-order valence-electron chi connectivity index (χ0n) is 12.3. The van der Waals surface area contributed by atoms with Crippen molar-refractivity contribution < 1.29 is 27.9 Å². The molecule has 0 saturated carbocycles. The molecule has 1 fully saturated rings. The van der Waals surface area contributed by atoms with Crippen LogP contribution in [0.3, 0.4) is 0 Å². The van der Waals surface area contributed by atoms with Gasteiger partial charge in [-0.05, 0) is 37.1 Å². The molecule has 0 spiro atoms. The first kappa shape index (κ1) is 17.4. The van der Waals surface area contributed by atoms with Crippen LogP contribution in [-0.2, 0) is 19.6 Å². The van der Waals surface area contributed by atoms with E-state index in [2.05, 4.69) is 10.0 Å². The van der Waals surface area contributed by atoms with Gasteiger partial charge in [0.05, 0.1) is 11.0 Å². The molecule has 126 valence electrons. The van der Waals surface area contributed by atoms with Crippen molar-refractivity contribution in [2.45, 2.75) is 23.8 Å². The minimum absolute atomic E-state index is 0.0327. The second-order valence-corrected chi connectivity index (χ2v) is 6.85. The van der Waals surface area contributed by atoms with Gasteiger partial charge in [0.25, 0.3) is 5.91 Å². The van der Waals surface area contributed by atoms with Gasteiger partial charge in [-0.1, -0.05) is 0 Å². The zero-order chi connectivity index (χ0) is 16.9. The van der Waals surface area contributed by atoms with E-state index in [9.17, 15) is 18.0 Å². The van der Waals surface area contributed by atoms with E-state index in [0.29, 0.717) is 6.61 Å². The highest BCUT2D eigenvalue weighted by molar-refractivity contribution is 7.89. The van der Waals surface area contributed by atoms with E-state index in [1.807, 2.05) is 0 Å². The van der Waals surface area contributed by atoms with Crippen molar-refractivity contribution in [1.82, 2.24) is 10.0 Å². The molecule has 9 heteroatoms. The largest absolute Gasteiger partial charge is 0.480 e. The number of rotatable bonds is 7. The van der Waals surface area contributed by atoms with Crippen molar-refractivity contribution in [3.05, 3.63) is 29.8 Å². The van der Waals surface area contributed by atoms with E-state index in [4.69, 9.17) is 9.84 Å². The topological polar surface area (TPSA) is 122 Å². The Labute approximate surface area is 133 Å². The quantitative estimate of drug-likeness (QED) is 0.639. The molecule has 3 N–H and O–H groups in total. The van der Waals surface area contributed by atoms with Crippen molar-refractivity contribution in [2.24, 2.45) is 0 Å². The summed E-state index contributed by atoms with van der Waals surface area (Å²) in [5.74, 6) is -1.74. The monoisotopic (exact) mass is 342 g/mol. The number of carbonyl (C=O) groups is 2. The van der Waals surface area contributed by atoms with Crippen LogP contribution in [0.2, 0.25) is 0 Å². The highest BCUT2D eigenvalue weighted by Gasteiger charge is 2.20. The summed E-state index contributed by atoms with van der Waals surface area (Å²) in [4.78, 5) is 22.1. The molecule has 8 nitrogen and oxygen atoms in total. The lowest BCUT2D eigenvalue weighted by Gasteiger charge is -2.11. The van der Waals surface area contributed by atoms with Crippen molar-refractivity contribution in [3.8, 4) is 0 Å². The molecule has 1 atom stereocenters. The van der Waals surface area contributed by atoms with Crippen LogP contribution in [0.15, 0.2) is 29.2 Å². The Morgan fingerprint density at radius 1 is 1.26 bits per heavy atom. The molecule has 2 rings (SSSR count). The van der Waals surface area contributed by atoms with Crippen molar-refractivity contribution in [2.75, 3.05) is 19.7 Å². The van der Waals surface area contributed by atoms with Crippen molar-refractivity contribution in [1.29, 1.82) is 0 Å². The van der Waals surface area contributed by atoms with Gasteiger partial charge in [0.1, 0.15) is 6.54 Å². The van der Waals surface area contributed by atoms with E-state index in [1.165, 1.54) is 24.3 Å². The molecule has 0 bridgehead atoms. The van der Waals surface area contributed by atoms with Gasteiger partial charge in [0.15, 0.2) is 0 Å². The second-order valence-electron chi connectivity index (χ2n) is 5.09. The lowest BCUT2D eigenvalue weighted by molar-refractivity contribution is -0.135. The van der Waals surface area contributed by atoms with Gasteiger partial charge in [-0.25, -0.2) is 13.1 Å².